The molecule has 0 aliphatic heterocycles. The van der Waals surface area contributed by atoms with E-state index in [9.17, 15) is 4.79 Å². The Kier molecular flexibility index (Phi) is 3.50. The molecule has 15 heavy (non-hydrogen) atoms. The van der Waals surface area contributed by atoms with Gasteiger partial charge in [-0.2, -0.15) is 5.10 Å². The first-order valence-electron chi connectivity index (χ1n) is 5.24. The second-order valence-electron chi connectivity index (χ2n) is 4.28. The Bertz CT molecular complexity index is 320. The third-order valence-electron chi connectivity index (χ3n) is 3.33. The first-order chi connectivity index (χ1) is 6.97. The second-order valence-corrected chi connectivity index (χ2v) is 4.28. The molecule has 2 amide bonds. The maximum atomic E-state index is 10.6. The summed E-state index contributed by atoms with van der Waals surface area (Å²) in [4.78, 5) is 10.6. The molecule has 1 aliphatic carbocycles. The van der Waals surface area contributed by atoms with E-state index in [1.165, 1.54) is 5.57 Å². The molecule has 0 fully saturated rings. The summed E-state index contributed by atoms with van der Waals surface area (Å²) < 4.78 is 0. The summed E-state index contributed by atoms with van der Waals surface area (Å²) >= 11 is 0. The summed E-state index contributed by atoms with van der Waals surface area (Å²) in [7, 11) is 0. The lowest BCUT2D eigenvalue weighted by atomic mass is 9.72. The van der Waals surface area contributed by atoms with Crippen LogP contribution >= 0.6 is 0 Å². The molecule has 4 heteroatoms. The summed E-state index contributed by atoms with van der Waals surface area (Å²) in [6, 6.07) is -0.615. The SMILES string of the molecule is CC1=CCCCC1(C)C(C)=NNC(N)=O. The Morgan fingerprint density at radius 2 is 2.33 bits per heavy atom. The molecule has 0 aromatic carbocycles. The van der Waals surface area contributed by atoms with E-state index >= 15 is 0 Å². The minimum absolute atomic E-state index is 0.0271. The number of allylic oxidation sites excluding steroid dienone is 2. The Hall–Kier alpha value is -1.32. The van der Waals surface area contributed by atoms with Gasteiger partial charge in [0.15, 0.2) is 0 Å². The van der Waals surface area contributed by atoms with Crippen molar-refractivity contribution in [3.63, 3.8) is 0 Å². The van der Waals surface area contributed by atoms with Gasteiger partial charge in [-0.25, -0.2) is 10.2 Å². The second kappa shape index (κ2) is 4.47. The van der Waals surface area contributed by atoms with Gasteiger partial charge in [-0.15, -0.1) is 0 Å². The van der Waals surface area contributed by atoms with Crippen molar-refractivity contribution in [2.24, 2.45) is 16.3 Å². The molecule has 0 spiro atoms. The maximum absolute atomic E-state index is 10.6. The van der Waals surface area contributed by atoms with E-state index in [1.54, 1.807) is 0 Å². The molecule has 84 valence electrons. The van der Waals surface area contributed by atoms with E-state index in [-0.39, 0.29) is 5.41 Å². The first kappa shape index (κ1) is 11.8. The lowest BCUT2D eigenvalue weighted by Gasteiger charge is -2.33. The Labute approximate surface area is 90.6 Å². The van der Waals surface area contributed by atoms with Gasteiger partial charge in [0.1, 0.15) is 0 Å². The summed E-state index contributed by atoms with van der Waals surface area (Å²) in [5.74, 6) is 0. The molecule has 1 unspecified atom stereocenters. The van der Waals surface area contributed by atoms with E-state index in [0.29, 0.717) is 0 Å². The van der Waals surface area contributed by atoms with Gasteiger partial charge in [0.2, 0.25) is 0 Å². The van der Waals surface area contributed by atoms with E-state index in [4.69, 9.17) is 5.73 Å². The summed E-state index contributed by atoms with van der Waals surface area (Å²) in [6.45, 7) is 6.19. The summed E-state index contributed by atoms with van der Waals surface area (Å²) in [5.41, 5.74) is 9.47. The smallest absolute Gasteiger partial charge is 0.332 e. The molecular weight excluding hydrogens is 190 g/mol. The molecule has 0 radical (unpaired) electrons. The summed E-state index contributed by atoms with van der Waals surface area (Å²) in [6.07, 6.45) is 5.62. The molecule has 0 aromatic heterocycles. The van der Waals surface area contributed by atoms with Gasteiger partial charge in [0, 0.05) is 11.1 Å². The highest BCUT2D eigenvalue weighted by molar-refractivity contribution is 5.91. The van der Waals surface area contributed by atoms with Crippen LogP contribution in [0.4, 0.5) is 4.79 Å². The predicted molar refractivity (Wildman–Crippen MR) is 61.5 cm³/mol. The summed E-state index contributed by atoms with van der Waals surface area (Å²) in [5, 5.41) is 4.02. The molecular formula is C11H19N3O. The van der Waals surface area contributed by atoms with Crippen LogP contribution in [0, 0.1) is 5.41 Å². The average molecular weight is 209 g/mol. The normalized spacial score (nSPS) is 27.1. The number of rotatable bonds is 2. The van der Waals surface area contributed by atoms with Crippen LogP contribution in [0.15, 0.2) is 16.8 Å². The molecule has 0 bridgehead atoms. The number of amides is 2. The maximum Gasteiger partial charge on any atom is 0.332 e. The van der Waals surface area contributed by atoms with Crippen LogP contribution in [0.5, 0.6) is 0 Å². The monoisotopic (exact) mass is 209 g/mol. The van der Waals surface area contributed by atoms with Crippen LogP contribution in [0.2, 0.25) is 0 Å². The number of urea groups is 1. The minimum Gasteiger partial charge on any atom is -0.350 e. The number of carbonyl (C=O) groups is 1. The number of carbonyl (C=O) groups excluding carboxylic acids is 1. The molecule has 3 N–H and O–H groups in total. The van der Waals surface area contributed by atoms with Crippen LogP contribution in [0.25, 0.3) is 0 Å². The van der Waals surface area contributed by atoms with Crippen LogP contribution in [0.3, 0.4) is 0 Å². The quantitative estimate of drug-likeness (QED) is 0.408. The lowest BCUT2D eigenvalue weighted by molar-refractivity contribution is 0.249. The Morgan fingerprint density at radius 1 is 1.67 bits per heavy atom. The number of hydrogen-bond donors (Lipinski definition) is 2. The molecule has 1 atom stereocenters. The fraction of sp³-hybridized carbons (Fsp3) is 0.636. The highest BCUT2D eigenvalue weighted by Crippen LogP contribution is 2.38. The van der Waals surface area contributed by atoms with Gasteiger partial charge < -0.3 is 5.73 Å². The van der Waals surface area contributed by atoms with Crippen molar-refractivity contribution in [1.82, 2.24) is 5.43 Å². The molecule has 0 saturated carbocycles. The Balaban J connectivity index is 2.84. The Morgan fingerprint density at radius 3 is 2.87 bits per heavy atom. The minimum atomic E-state index is -0.615. The first-order valence-corrected chi connectivity index (χ1v) is 5.24. The fourth-order valence-electron chi connectivity index (χ4n) is 1.93. The third kappa shape index (κ3) is 2.58. The molecule has 0 aromatic rings. The standard InChI is InChI=1S/C11H19N3O/c1-8-6-4-5-7-11(8,3)9(2)13-14-10(12)15/h6H,4-5,7H2,1-3H3,(H3,12,14,15). The van der Waals surface area contributed by atoms with Crippen molar-refractivity contribution in [3.05, 3.63) is 11.6 Å². The van der Waals surface area contributed by atoms with Crippen molar-refractivity contribution in [2.45, 2.75) is 40.0 Å². The molecule has 0 saturated heterocycles. The van der Waals surface area contributed by atoms with Gasteiger partial charge in [-0.3, -0.25) is 0 Å². The topological polar surface area (TPSA) is 67.5 Å². The molecule has 0 heterocycles. The van der Waals surface area contributed by atoms with E-state index in [2.05, 4.69) is 30.5 Å². The van der Waals surface area contributed by atoms with Crippen LogP contribution in [0.1, 0.15) is 40.0 Å². The van der Waals surface area contributed by atoms with Crippen molar-refractivity contribution in [1.29, 1.82) is 0 Å². The van der Waals surface area contributed by atoms with Gasteiger partial charge in [0.05, 0.1) is 0 Å². The van der Waals surface area contributed by atoms with Gasteiger partial charge in [-0.05, 0) is 33.1 Å². The number of nitrogens with one attached hydrogen (secondary N) is 1. The average Bonchev–Trinajstić information content (AvgIpc) is 2.19. The van der Waals surface area contributed by atoms with Crippen LogP contribution < -0.4 is 11.2 Å². The van der Waals surface area contributed by atoms with Crippen molar-refractivity contribution in [3.8, 4) is 0 Å². The number of nitrogens with two attached hydrogens (primary N) is 1. The van der Waals surface area contributed by atoms with E-state index < -0.39 is 6.03 Å². The fourth-order valence-corrected chi connectivity index (χ4v) is 1.93. The molecule has 4 nitrogen and oxygen atoms in total. The lowest BCUT2D eigenvalue weighted by Crippen LogP contribution is -2.33. The number of hydrogen-bond acceptors (Lipinski definition) is 2. The third-order valence-corrected chi connectivity index (χ3v) is 3.33. The van der Waals surface area contributed by atoms with Gasteiger partial charge in [-0.1, -0.05) is 18.6 Å². The van der Waals surface area contributed by atoms with E-state index in [1.807, 2.05) is 6.92 Å². The highest BCUT2D eigenvalue weighted by atomic mass is 16.2. The zero-order valence-electron chi connectivity index (χ0n) is 9.63. The zero-order chi connectivity index (χ0) is 11.5. The van der Waals surface area contributed by atoms with Crippen molar-refractivity contribution in [2.75, 3.05) is 0 Å². The molecule has 1 rings (SSSR count). The number of primary amides is 1. The van der Waals surface area contributed by atoms with Gasteiger partial charge in [0.25, 0.3) is 0 Å². The van der Waals surface area contributed by atoms with Crippen molar-refractivity contribution < 1.29 is 4.79 Å². The number of hydrazone groups is 1. The van der Waals surface area contributed by atoms with Gasteiger partial charge >= 0.3 is 6.03 Å². The van der Waals surface area contributed by atoms with Crippen LogP contribution in [-0.4, -0.2) is 11.7 Å². The number of nitrogens with zero attached hydrogens (tertiary/aromatic N) is 1. The van der Waals surface area contributed by atoms with Crippen LogP contribution in [-0.2, 0) is 0 Å². The zero-order valence-corrected chi connectivity index (χ0v) is 9.63. The highest BCUT2D eigenvalue weighted by Gasteiger charge is 2.31. The van der Waals surface area contributed by atoms with Crippen molar-refractivity contribution >= 4 is 11.7 Å². The molecule has 1 aliphatic rings. The largest absolute Gasteiger partial charge is 0.350 e. The van der Waals surface area contributed by atoms with E-state index in [0.717, 1.165) is 25.0 Å². The predicted octanol–water partition coefficient (Wildman–Crippen LogP) is 2.17.